The van der Waals surface area contributed by atoms with Gasteiger partial charge in [0.25, 0.3) is 0 Å². The number of guanidine groups is 1. The zero-order chi connectivity index (χ0) is 17.0. The second-order valence-electron chi connectivity index (χ2n) is 4.49. The first kappa shape index (κ1) is 17.1. The summed E-state index contributed by atoms with van der Waals surface area (Å²) >= 11 is 6.94. The number of hydrogen-bond donors (Lipinski definition) is 4. The summed E-state index contributed by atoms with van der Waals surface area (Å²) in [6, 6.07) is 4.83. The van der Waals surface area contributed by atoms with E-state index in [1.807, 2.05) is 0 Å². The second kappa shape index (κ2) is 7.34. The van der Waals surface area contributed by atoms with Crippen molar-refractivity contribution in [2.75, 3.05) is 12.4 Å². The highest BCUT2D eigenvalue weighted by atomic mass is 35.5. The van der Waals surface area contributed by atoms with E-state index in [1.165, 1.54) is 7.11 Å². The molecule has 0 aliphatic carbocycles. The Bertz CT molecular complexity index is 694. The maximum absolute atomic E-state index is 12.1. The number of amides is 2. The predicted molar refractivity (Wildman–Crippen MR) is 90.1 cm³/mol. The number of amidine groups is 1. The Kier molecular flexibility index (Phi) is 5.45. The van der Waals surface area contributed by atoms with Gasteiger partial charge in [0.05, 0.1) is 12.8 Å². The molecule has 2 rings (SSSR count). The number of nitrogens with zero attached hydrogens (tertiary/aromatic N) is 1. The van der Waals surface area contributed by atoms with Crippen molar-refractivity contribution in [1.82, 2.24) is 5.32 Å². The third-order valence-corrected chi connectivity index (χ3v) is 4.12. The van der Waals surface area contributed by atoms with E-state index in [0.717, 1.165) is 11.8 Å². The molecule has 1 fully saturated rings. The van der Waals surface area contributed by atoms with Crippen molar-refractivity contribution >= 4 is 52.0 Å². The molecule has 8 nitrogen and oxygen atoms in total. The van der Waals surface area contributed by atoms with Crippen LogP contribution in [0.15, 0.2) is 23.2 Å². The summed E-state index contributed by atoms with van der Waals surface area (Å²) in [4.78, 5) is 27.5. The van der Waals surface area contributed by atoms with Crippen molar-refractivity contribution in [3.8, 4) is 5.75 Å². The minimum Gasteiger partial charge on any atom is -0.495 e. The Morgan fingerprint density at radius 1 is 1.61 bits per heavy atom. The Labute approximate surface area is 141 Å². The highest BCUT2D eigenvalue weighted by molar-refractivity contribution is 8.15. The van der Waals surface area contributed by atoms with Gasteiger partial charge in [0.15, 0.2) is 5.17 Å². The van der Waals surface area contributed by atoms with E-state index in [1.54, 1.807) is 18.2 Å². The van der Waals surface area contributed by atoms with Crippen LogP contribution >= 0.6 is 23.4 Å². The van der Waals surface area contributed by atoms with Gasteiger partial charge in [0.1, 0.15) is 11.0 Å². The topological polar surface area (TPSA) is 130 Å². The molecule has 5 N–H and O–H groups in total. The van der Waals surface area contributed by atoms with Crippen molar-refractivity contribution in [3.05, 3.63) is 23.2 Å². The molecule has 1 saturated heterocycles. The first-order valence-corrected chi connectivity index (χ1v) is 7.68. The van der Waals surface area contributed by atoms with Crippen LogP contribution in [0.25, 0.3) is 0 Å². The molecule has 2 amide bonds. The van der Waals surface area contributed by atoms with Gasteiger partial charge in [0.2, 0.25) is 17.8 Å². The number of anilines is 1. The van der Waals surface area contributed by atoms with Gasteiger partial charge < -0.3 is 21.1 Å². The fourth-order valence-corrected chi connectivity index (χ4v) is 3.00. The van der Waals surface area contributed by atoms with E-state index in [9.17, 15) is 9.59 Å². The van der Waals surface area contributed by atoms with Crippen LogP contribution in [0.5, 0.6) is 5.75 Å². The number of carbonyl (C=O) groups is 2. The number of nitrogens with two attached hydrogens (primary N) is 1. The van der Waals surface area contributed by atoms with Crippen LogP contribution in [-0.2, 0) is 9.59 Å². The van der Waals surface area contributed by atoms with Crippen LogP contribution < -0.4 is 21.1 Å². The standard InChI is InChI=1S/C13H14ClN5O3S/c1-22-8-3-2-6(14)4-7(8)17-10(20)5-9-11(21)18-13(23-9)19-12(15)16/h2-4,9H,5H2,1H3,(H,17,20)(H4,15,16,18,19,21). The number of hydrogen-bond acceptors (Lipinski definition) is 5. The molecule has 1 aliphatic heterocycles. The summed E-state index contributed by atoms with van der Waals surface area (Å²) in [7, 11) is 1.48. The van der Waals surface area contributed by atoms with Gasteiger partial charge in [0, 0.05) is 11.4 Å². The van der Waals surface area contributed by atoms with Crippen LogP contribution in [0.1, 0.15) is 6.42 Å². The van der Waals surface area contributed by atoms with Crippen LogP contribution in [0.2, 0.25) is 5.02 Å². The van der Waals surface area contributed by atoms with Crippen LogP contribution in [0.3, 0.4) is 0 Å². The summed E-state index contributed by atoms with van der Waals surface area (Å²) in [6.45, 7) is 0. The summed E-state index contributed by atoms with van der Waals surface area (Å²) in [5, 5.41) is 12.2. The summed E-state index contributed by atoms with van der Waals surface area (Å²) in [5.41, 5.74) is 5.56. The van der Waals surface area contributed by atoms with Gasteiger partial charge in [-0.1, -0.05) is 23.4 Å². The summed E-state index contributed by atoms with van der Waals surface area (Å²) < 4.78 is 5.14. The molecule has 0 spiro atoms. The fraction of sp³-hybridized carbons (Fsp3) is 0.231. The lowest BCUT2D eigenvalue weighted by Crippen LogP contribution is -2.28. The van der Waals surface area contributed by atoms with Gasteiger partial charge in [-0.3, -0.25) is 15.0 Å². The van der Waals surface area contributed by atoms with E-state index in [-0.39, 0.29) is 23.4 Å². The number of carbonyl (C=O) groups excluding carboxylic acids is 2. The molecule has 10 heteroatoms. The first-order chi connectivity index (χ1) is 10.9. The van der Waals surface area contributed by atoms with Crippen LogP contribution in [0.4, 0.5) is 5.69 Å². The normalized spacial score (nSPS) is 18.6. The van der Waals surface area contributed by atoms with Gasteiger partial charge in [-0.2, -0.15) is 4.99 Å². The maximum atomic E-state index is 12.1. The molecular weight excluding hydrogens is 342 g/mol. The van der Waals surface area contributed by atoms with Gasteiger partial charge >= 0.3 is 0 Å². The molecule has 1 aromatic rings. The van der Waals surface area contributed by atoms with Crippen molar-refractivity contribution in [1.29, 1.82) is 5.41 Å². The summed E-state index contributed by atoms with van der Waals surface area (Å²) in [5.74, 6) is -0.683. The number of methoxy groups -OCH3 is 1. The molecule has 1 unspecified atom stereocenters. The van der Waals surface area contributed by atoms with Crippen molar-refractivity contribution < 1.29 is 14.3 Å². The van der Waals surface area contributed by atoms with Crippen molar-refractivity contribution in [2.45, 2.75) is 11.7 Å². The first-order valence-electron chi connectivity index (χ1n) is 6.42. The molecule has 1 aliphatic rings. The number of thioether (sulfide) groups is 1. The molecule has 1 atom stereocenters. The van der Waals surface area contributed by atoms with E-state index in [2.05, 4.69) is 15.6 Å². The molecule has 0 saturated carbocycles. The quantitative estimate of drug-likeness (QED) is 0.475. The third kappa shape index (κ3) is 4.60. The Morgan fingerprint density at radius 2 is 2.35 bits per heavy atom. The lowest BCUT2D eigenvalue weighted by Gasteiger charge is -2.11. The van der Waals surface area contributed by atoms with E-state index >= 15 is 0 Å². The molecule has 0 aromatic heterocycles. The second-order valence-corrected chi connectivity index (χ2v) is 6.12. The molecule has 0 bridgehead atoms. The van der Waals surface area contributed by atoms with Crippen LogP contribution in [0, 0.1) is 5.41 Å². The average Bonchev–Trinajstić information content (AvgIpc) is 2.77. The van der Waals surface area contributed by atoms with Crippen molar-refractivity contribution in [3.63, 3.8) is 0 Å². The predicted octanol–water partition coefficient (Wildman–Crippen LogP) is 1.16. The molecule has 122 valence electrons. The minimum atomic E-state index is -0.640. The number of ether oxygens (including phenoxy) is 1. The minimum absolute atomic E-state index is 0.0664. The molecule has 0 radical (unpaired) electrons. The molecule has 1 heterocycles. The largest absolute Gasteiger partial charge is 0.495 e. The third-order valence-electron chi connectivity index (χ3n) is 2.80. The highest BCUT2D eigenvalue weighted by Crippen LogP contribution is 2.29. The smallest absolute Gasteiger partial charge is 0.240 e. The number of benzene rings is 1. The summed E-state index contributed by atoms with van der Waals surface area (Å²) in [6.07, 6.45) is -0.0664. The van der Waals surface area contributed by atoms with Gasteiger partial charge in [-0.15, -0.1) is 0 Å². The van der Waals surface area contributed by atoms with Crippen molar-refractivity contribution in [2.24, 2.45) is 10.7 Å². The Hall–Kier alpha value is -2.26. The van der Waals surface area contributed by atoms with E-state index < -0.39 is 11.2 Å². The van der Waals surface area contributed by atoms with Gasteiger partial charge in [-0.05, 0) is 18.2 Å². The number of aliphatic imine (C=N–C) groups is 1. The molecule has 1 aromatic carbocycles. The highest BCUT2D eigenvalue weighted by Gasteiger charge is 2.32. The maximum Gasteiger partial charge on any atom is 0.240 e. The lowest BCUT2D eigenvalue weighted by atomic mass is 10.2. The zero-order valence-corrected chi connectivity index (χ0v) is 13.6. The van der Waals surface area contributed by atoms with Crippen LogP contribution in [-0.4, -0.2) is 35.3 Å². The van der Waals surface area contributed by atoms with E-state index in [0.29, 0.717) is 16.5 Å². The number of nitrogens with one attached hydrogen (secondary N) is 3. The molecule has 23 heavy (non-hydrogen) atoms. The Morgan fingerprint density at radius 3 is 3.00 bits per heavy atom. The lowest BCUT2D eigenvalue weighted by molar-refractivity contribution is -0.122. The zero-order valence-electron chi connectivity index (χ0n) is 12.1. The Balaban J connectivity index is 2.02. The fourth-order valence-electron chi connectivity index (χ4n) is 1.85. The number of rotatable bonds is 4. The average molecular weight is 356 g/mol. The van der Waals surface area contributed by atoms with Gasteiger partial charge in [-0.25, -0.2) is 0 Å². The SMILES string of the molecule is COc1ccc(Cl)cc1NC(=O)CC1SC(=NC(=N)N)NC1=O. The monoisotopic (exact) mass is 355 g/mol. The van der Waals surface area contributed by atoms with E-state index in [4.69, 9.17) is 27.5 Å². The molecular formula is C13H14ClN5O3S. The number of halogens is 1.